The van der Waals surface area contributed by atoms with Crippen LogP contribution in [-0.2, 0) is 0 Å². The first kappa shape index (κ1) is 14.7. The normalized spacial score (nSPS) is 20.9. The van der Waals surface area contributed by atoms with E-state index in [0.29, 0.717) is 10.8 Å². The van der Waals surface area contributed by atoms with E-state index >= 15 is 0 Å². The van der Waals surface area contributed by atoms with E-state index in [4.69, 9.17) is 0 Å². The number of rotatable bonds is 3. The van der Waals surface area contributed by atoms with Gasteiger partial charge in [-0.25, -0.2) is 0 Å². The average Bonchev–Trinajstić information content (AvgIpc) is 2.59. The van der Waals surface area contributed by atoms with E-state index in [2.05, 4.69) is 67.0 Å². The lowest BCUT2D eigenvalue weighted by Crippen LogP contribution is -2.26. The van der Waals surface area contributed by atoms with Crippen molar-refractivity contribution in [2.45, 2.75) is 38.0 Å². The van der Waals surface area contributed by atoms with Crippen LogP contribution in [0.25, 0.3) is 0 Å². The van der Waals surface area contributed by atoms with Crippen molar-refractivity contribution in [3.8, 4) is 0 Å². The summed E-state index contributed by atoms with van der Waals surface area (Å²) in [6, 6.07) is 9.46. The summed E-state index contributed by atoms with van der Waals surface area (Å²) in [4.78, 5) is 2.52. The Kier molecular flexibility index (Phi) is 4.80. The minimum atomic E-state index is 0.424. The van der Waals surface area contributed by atoms with Crippen LogP contribution in [0.1, 0.15) is 38.8 Å². The predicted molar refractivity (Wildman–Crippen MR) is 87.3 cm³/mol. The summed E-state index contributed by atoms with van der Waals surface area (Å²) >= 11 is 2.10. The molecular formula is C16H26N2S. The van der Waals surface area contributed by atoms with Crippen LogP contribution in [0.15, 0.2) is 24.3 Å². The lowest BCUT2D eigenvalue weighted by atomic mass is 10.1. The first-order valence-electron chi connectivity index (χ1n) is 7.18. The zero-order valence-corrected chi connectivity index (χ0v) is 13.4. The maximum atomic E-state index is 3.28. The van der Waals surface area contributed by atoms with E-state index in [1.54, 1.807) is 0 Å². The highest BCUT2D eigenvalue weighted by Crippen LogP contribution is 2.32. The highest BCUT2D eigenvalue weighted by molar-refractivity contribution is 8.00. The molecule has 19 heavy (non-hydrogen) atoms. The Morgan fingerprint density at radius 1 is 1.21 bits per heavy atom. The first-order valence-corrected chi connectivity index (χ1v) is 8.16. The first-order chi connectivity index (χ1) is 9.02. The highest BCUT2D eigenvalue weighted by atomic mass is 32.2. The molecule has 1 fully saturated rings. The standard InChI is InChI=1S/C16H26N2S/c1-13(17-4)14-5-7-15(8-6-14)18-10-9-16(2,3)19-12-11-18/h5-8,13,17H,9-12H2,1-4H3. The van der Waals surface area contributed by atoms with Crippen LogP contribution in [0.4, 0.5) is 5.69 Å². The Labute approximate surface area is 122 Å². The van der Waals surface area contributed by atoms with Crippen LogP contribution < -0.4 is 10.2 Å². The third kappa shape index (κ3) is 3.90. The second-order valence-corrected chi connectivity index (χ2v) is 7.75. The SMILES string of the molecule is CNC(C)c1ccc(N2CCSC(C)(C)CC2)cc1. The molecule has 0 radical (unpaired) electrons. The van der Waals surface area contributed by atoms with E-state index in [1.165, 1.54) is 30.0 Å². The number of hydrogen-bond donors (Lipinski definition) is 1. The average molecular weight is 278 g/mol. The van der Waals surface area contributed by atoms with Gasteiger partial charge in [0.1, 0.15) is 0 Å². The van der Waals surface area contributed by atoms with E-state index in [0.717, 1.165) is 6.54 Å². The van der Waals surface area contributed by atoms with Gasteiger partial charge in [0.25, 0.3) is 0 Å². The molecule has 0 amide bonds. The lowest BCUT2D eigenvalue weighted by Gasteiger charge is -2.24. The summed E-state index contributed by atoms with van der Waals surface area (Å²) < 4.78 is 0.426. The Morgan fingerprint density at radius 2 is 1.89 bits per heavy atom. The Bertz CT molecular complexity index is 400. The Morgan fingerprint density at radius 3 is 2.53 bits per heavy atom. The molecule has 0 saturated carbocycles. The number of nitrogens with one attached hydrogen (secondary N) is 1. The minimum absolute atomic E-state index is 0.424. The molecule has 1 aromatic rings. The summed E-state index contributed by atoms with van der Waals surface area (Å²) in [5.41, 5.74) is 2.72. The van der Waals surface area contributed by atoms with Gasteiger partial charge in [-0.1, -0.05) is 26.0 Å². The Balaban J connectivity index is 2.05. The van der Waals surface area contributed by atoms with Gasteiger partial charge < -0.3 is 10.2 Å². The van der Waals surface area contributed by atoms with Gasteiger partial charge in [-0.3, -0.25) is 0 Å². The fourth-order valence-corrected chi connectivity index (χ4v) is 3.52. The van der Waals surface area contributed by atoms with Crippen molar-refractivity contribution < 1.29 is 0 Å². The van der Waals surface area contributed by atoms with Crippen LogP contribution >= 0.6 is 11.8 Å². The van der Waals surface area contributed by atoms with E-state index in [1.807, 2.05) is 7.05 Å². The topological polar surface area (TPSA) is 15.3 Å². The van der Waals surface area contributed by atoms with E-state index in [9.17, 15) is 0 Å². The second-order valence-electron chi connectivity index (χ2n) is 5.95. The predicted octanol–water partition coefficient (Wildman–Crippen LogP) is 3.69. The van der Waals surface area contributed by atoms with Crippen molar-refractivity contribution >= 4 is 17.4 Å². The third-order valence-electron chi connectivity index (χ3n) is 4.03. The molecule has 1 unspecified atom stereocenters. The van der Waals surface area contributed by atoms with Gasteiger partial charge in [-0.05, 0) is 38.1 Å². The van der Waals surface area contributed by atoms with Crippen LogP contribution in [0.5, 0.6) is 0 Å². The molecule has 0 spiro atoms. The molecule has 1 atom stereocenters. The van der Waals surface area contributed by atoms with Crippen LogP contribution in [0.3, 0.4) is 0 Å². The van der Waals surface area contributed by atoms with Crippen LogP contribution in [-0.4, -0.2) is 30.6 Å². The quantitative estimate of drug-likeness (QED) is 0.908. The third-order valence-corrected chi connectivity index (χ3v) is 5.40. The maximum absolute atomic E-state index is 3.28. The fraction of sp³-hybridized carbons (Fsp3) is 0.625. The summed E-state index contributed by atoms with van der Waals surface area (Å²) in [5, 5.41) is 3.28. The van der Waals surface area contributed by atoms with Crippen molar-refractivity contribution in [1.29, 1.82) is 0 Å². The van der Waals surface area contributed by atoms with Crippen molar-refractivity contribution in [3.63, 3.8) is 0 Å². The zero-order valence-electron chi connectivity index (χ0n) is 12.6. The molecule has 2 nitrogen and oxygen atoms in total. The van der Waals surface area contributed by atoms with Crippen molar-refractivity contribution in [1.82, 2.24) is 5.32 Å². The molecular weight excluding hydrogens is 252 g/mol. The van der Waals surface area contributed by atoms with Gasteiger partial charge in [0, 0.05) is 35.3 Å². The van der Waals surface area contributed by atoms with Gasteiger partial charge in [0.2, 0.25) is 0 Å². The highest BCUT2D eigenvalue weighted by Gasteiger charge is 2.23. The van der Waals surface area contributed by atoms with Crippen LogP contribution in [0, 0.1) is 0 Å². The molecule has 1 saturated heterocycles. The van der Waals surface area contributed by atoms with Gasteiger partial charge in [-0.15, -0.1) is 0 Å². The zero-order chi connectivity index (χ0) is 13.9. The van der Waals surface area contributed by atoms with Crippen molar-refractivity contribution in [3.05, 3.63) is 29.8 Å². The molecule has 1 aromatic carbocycles. The molecule has 1 heterocycles. The summed E-state index contributed by atoms with van der Waals surface area (Å²) in [5.74, 6) is 1.22. The number of hydrogen-bond acceptors (Lipinski definition) is 3. The molecule has 0 aliphatic carbocycles. The molecule has 106 valence electrons. The van der Waals surface area contributed by atoms with Gasteiger partial charge in [0.05, 0.1) is 0 Å². The van der Waals surface area contributed by atoms with Crippen molar-refractivity contribution in [2.24, 2.45) is 0 Å². The molecule has 2 rings (SSSR count). The lowest BCUT2D eigenvalue weighted by molar-refractivity contribution is 0.636. The maximum Gasteiger partial charge on any atom is 0.0366 e. The van der Waals surface area contributed by atoms with E-state index in [-0.39, 0.29) is 0 Å². The van der Waals surface area contributed by atoms with Gasteiger partial charge in [-0.2, -0.15) is 11.8 Å². The smallest absolute Gasteiger partial charge is 0.0366 e. The number of nitrogens with zero attached hydrogens (tertiary/aromatic N) is 1. The Hall–Kier alpha value is -0.670. The fourth-order valence-electron chi connectivity index (χ4n) is 2.42. The molecule has 0 aromatic heterocycles. The second kappa shape index (κ2) is 6.19. The summed E-state index contributed by atoms with van der Waals surface area (Å²) in [6.07, 6.45) is 1.26. The summed E-state index contributed by atoms with van der Waals surface area (Å²) in [6.45, 7) is 9.24. The van der Waals surface area contributed by atoms with Crippen LogP contribution in [0.2, 0.25) is 0 Å². The molecule has 1 aliphatic rings. The molecule has 1 aliphatic heterocycles. The van der Waals surface area contributed by atoms with Gasteiger partial charge in [0.15, 0.2) is 0 Å². The monoisotopic (exact) mass is 278 g/mol. The molecule has 1 N–H and O–H groups in total. The van der Waals surface area contributed by atoms with Crippen molar-refractivity contribution in [2.75, 3.05) is 30.8 Å². The largest absolute Gasteiger partial charge is 0.371 e. The van der Waals surface area contributed by atoms with Gasteiger partial charge >= 0.3 is 0 Å². The molecule has 3 heteroatoms. The number of benzene rings is 1. The van der Waals surface area contributed by atoms with E-state index < -0.39 is 0 Å². The molecule has 0 bridgehead atoms. The minimum Gasteiger partial charge on any atom is -0.371 e. The number of thioether (sulfide) groups is 1. The summed E-state index contributed by atoms with van der Waals surface area (Å²) in [7, 11) is 2.01. The number of anilines is 1.